The van der Waals surface area contributed by atoms with Crippen molar-refractivity contribution in [3.05, 3.63) is 87.0 Å². The zero-order valence-electron chi connectivity index (χ0n) is 18.5. The number of rotatable bonds is 8. The molecule has 0 aromatic heterocycles. The highest BCUT2D eigenvalue weighted by atomic mass is 127. The first-order valence-corrected chi connectivity index (χ1v) is 12.0. The molecule has 0 fully saturated rings. The first-order valence-electron chi connectivity index (χ1n) is 10.9. The second kappa shape index (κ2) is 10.9. The van der Waals surface area contributed by atoms with Crippen LogP contribution in [0, 0.1) is 3.57 Å². The summed E-state index contributed by atoms with van der Waals surface area (Å²) >= 11 is 2.00. The highest BCUT2D eigenvalue weighted by Crippen LogP contribution is 2.44. The summed E-state index contributed by atoms with van der Waals surface area (Å²) < 4.78 is 6.22. The molecule has 4 rings (SSSR count). The normalized spacial score (nSPS) is 12.9. The fourth-order valence-corrected chi connectivity index (χ4v) is 4.84. The Morgan fingerprint density at radius 3 is 2.20 bits per heavy atom. The third-order valence-electron chi connectivity index (χ3n) is 5.77. The van der Waals surface area contributed by atoms with E-state index in [1.54, 1.807) is 12.1 Å². The van der Waals surface area contributed by atoms with Crippen molar-refractivity contribution in [1.82, 2.24) is 5.32 Å². The van der Waals surface area contributed by atoms with E-state index in [1.807, 2.05) is 59.0 Å². The van der Waals surface area contributed by atoms with Gasteiger partial charge in [-0.05, 0) is 63.0 Å². The average Bonchev–Trinajstić information content (AvgIpc) is 3.15. The first-order chi connectivity index (χ1) is 16.9. The zero-order chi connectivity index (χ0) is 24.9. The molecule has 9 heteroatoms. The lowest BCUT2D eigenvalue weighted by atomic mass is 9.98. The number of hydrogen-bond acceptors (Lipinski definition) is 5. The number of aliphatic carboxylic acids is 1. The summed E-state index contributed by atoms with van der Waals surface area (Å²) in [5.41, 5.74) is 4.98. The van der Waals surface area contributed by atoms with Crippen molar-refractivity contribution in [3.8, 4) is 11.1 Å². The Morgan fingerprint density at radius 1 is 0.971 bits per heavy atom. The third-order valence-corrected chi connectivity index (χ3v) is 6.39. The van der Waals surface area contributed by atoms with Crippen LogP contribution in [0.25, 0.3) is 11.1 Å². The Morgan fingerprint density at radius 2 is 1.60 bits per heavy atom. The summed E-state index contributed by atoms with van der Waals surface area (Å²) in [6.45, 7) is -0.225. The molecule has 0 bridgehead atoms. The quantitative estimate of drug-likeness (QED) is 0.293. The lowest BCUT2D eigenvalue weighted by Gasteiger charge is -2.16. The molecule has 3 aromatic carbocycles. The standard InChI is InChI=1S/C26H23IN2O6/c27-16-11-15(24(31)29-23(9-10-30)25(32)33)12-17(13-16)28-26(34)35-14-22-20-7-3-1-5-18(20)19-6-2-4-8-21(19)22/h1-8,11-13,22-23,30H,9-10,14H2,(H,28,34)(H,29,31)(H,32,33)/t23-/m0/s1. The predicted molar refractivity (Wildman–Crippen MR) is 138 cm³/mol. The van der Waals surface area contributed by atoms with Crippen LogP contribution in [0.5, 0.6) is 0 Å². The number of hydrogen-bond donors (Lipinski definition) is 4. The van der Waals surface area contributed by atoms with E-state index in [-0.39, 0.29) is 31.1 Å². The van der Waals surface area contributed by atoms with E-state index in [9.17, 15) is 19.5 Å². The Kier molecular flexibility index (Phi) is 7.67. The Balaban J connectivity index is 1.43. The fraction of sp³-hybridized carbons (Fsp3) is 0.192. The maximum Gasteiger partial charge on any atom is 0.411 e. The molecule has 3 aromatic rings. The largest absolute Gasteiger partial charge is 0.480 e. The van der Waals surface area contributed by atoms with Gasteiger partial charge < -0.3 is 20.3 Å². The van der Waals surface area contributed by atoms with Crippen molar-refractivity contribution < 1.29 is 29.3 Å². The van der Waals surface area contributed by atoms with Crippen LogP contribution >= 0.6 is 22.6 Å². The maximum atomic E-state index is 12.6. The molecule has 1 aliphatic rings. The number of benzene rings is 3. The minimum Gasteiger partial charge on any atom is -0.480 e. The topological polar surface area (TPSA) is 125 Å². The van der Waals surface area contributed by atoms with Gasteiger partial charge in [-0.1, -0.05) is 48.5 Å². The highest BCUT2D eigenvalue weighted by Gasteiger charge is 2.29. The molecular weight excluding hydrogens is 563 g/mol. The number of carboxylic acid groups (broad SMARTS) is 1. The molecule has 4 N–H and O–H groups in total. The van der Waals surface area contributed by atoms with Gasteiger partial charge in [0.05, 0.1) is 0 Å². The number of ether oxygens (including phenoxy) is 1. The summed E-state index contributed by atoms with van der Waals surface area (Å²) in [6, 6.07) is 19.5. The summed E-state index contributed by atoms with van der Waals surface area (Å²) in [7, 11) is 0. The van der Waals surface area contributed by atoms with Crippen LogP contribution in [-0.2, 0) is 9.53 Å². The molecule has 0 saturated carbocycles. The molecule has 1 atom stereocenters. The number of halogens is 1. The first kappa shape index (κ1) is 24.7. The summed E-state index contributed by atoms with van der Waals surface area (Å²) in [6.07, 6.45) is -0.778. The van der Waals surface area contributed by atoms with Crippen LogP contribution in [0.3, 0.4) is 0 Å². The van der Waals surface area contributed by atoms with Gasteiger partial charge in [0.2, 0.25) is 0 Å². The predicted octanol–water partition coefficient (Wildman–Crippen LogP) is 4.22. The van der Waals surface area contributed by atoms with Crippen molar-refractivity contribution in [3.63, 3.8) is 0 Å². The minimum absolute atomic E-state index is 0.0788. The van der Waals surface area contributed by atoms with E-state index in [4.69, 9.17) is 9.84 Å². The Labute approximate surface area is 215 Å². The molecule has 1 aliphatic carbocycles. The lowest BCUT2D eigenvalue weighted by molar-refractivity contribution is -0.139. The number of aliphatic hydroxyl groups is 1. The molecule has 0 heterocycles. The number of aliphatic hydroxyl groups excluding tert-OH is 1. The van der Waals surface area contributed by atoms with Crippen molar-refractivity contribution in [1.29, 1.82) is 0 Å². The molecule has 2 amide bonds. The molecular formula is C26H23IN2O6. The average molecular weight is 586 g/mol. The summed E-state index contributed by atoms with van der Waals surface area (Å²) in [4.78, 5) is 36.4. The second-order valence-electron chi connectivity index (χ2n) is 8.06. The lowest BCUT2D eigenvalue weighted by Crippen LogP contribution is -2.41. The van der Waals surface area contributed by atoms with Gasteiger partial charge in [-0.2, -0.15) is 0 Å². The van der Waals surface area contributed by atoms with Crippen LogP contribution in [0.4, 0.5) is 10.5 Å². The molecule has 0 unspecified atom stereocenters. The highest BCUT2D eigenvalue weighted by molar-refractivity contribution is 14.1. The number of carboxylic acids is 1. The van der Waals surface area contributed by atoms with Crippen molar-refractivity contribution in [2.75, 3.05) is 18.5 Å². The van der Waals surface area contributed by atoms with Gasteiger partial charge in [0.1, 0.15) is 12.6 Å². The summed E-state index contributed by atoms with van der Waals surface area (Å²) in [5, 5.41) is 23.2. The maximum absolute atomic E-state index is 12.6. The number of fused-ring (bicyclic) bond motifs is 3. The van der Waals surface area contributed by atoms with Crippen LogP contribution < -0.4 is 10.6 Å². The second-order valence-corrected chi connectivity index (χ2v) is 9.30. The van der Waals surface area contributed by atoms with Crippen molar-refractivity contribution in [2.24, 2.45) is 0 Å². The van der Waals surface area contributed by atoms with Gasteiger partial charge in [0.15, 0.2) is 0 Å². The van der Waals surface area contributed by atoms with Gasteiger partial charge in [-0.25, -0.2) is 9.59 Å². The zero-order valence-corrected chi connectivity index (χ0v) is 20.7. The molecule has 0 aliphatic heterocycles. The van der Waals surface area contributed by atoms with E-state index in [0.29, 0.717) is 9.26 Å². The van der Waals surface area contributed by atoms with E-state index < -0.39 is 24.0 Å². The third kappa shape index (κ3) is 5.63. The number of anilines is 1. The SMILES string of the molecule is O=C(Nc1cc(I)cc(C(=O)N[C@@H](CCO)C(=O)O)c1)OCC1c2ccccc2-c2ccccc21. The Hall–Kier alpha value is -3.44. The summed E-state index contributed by atoms with van der Waals surface area (Å²) in [5.74, 6) is -1.94. The van der Waals surface area contributed by atoms with Crippen molar-refractivity contribution >= 4 is 46.2 Å². The Bertz CT molecular complexity index is 1230. The number of carbonyl (C=O) groups excluding carboxylic acids is 2. The van der Waals surface area contributed by atoms with E-state index in [1.165, 1.54) is 6.07 Å². The number of nitrogens with one attached hydrogen (secondary N) is 2. The molecule has 0 spiro atoms. The van der Waals surface area contributed by atoms with Crippen LogP contribution in [-0.4, -0.2) is 47.4 Å². The van der Waals surface area contributed by atoms with Crippen LogP contribution in [0.15, 0.2) is 66.7 Å². The molecule has 0 saturated heterocycles. The van der Waals surface area contributed by atoms with Crippen molar-refractivity contribution in [2.45, 2.75) is 18.4 Å². The van der Waals surface area contributed by atoms with E-state index in [0.717, 1.165) is 22.3 Å². The molecule has 180 valence electrons. The van der Waals surface area contributed by atoms with Gasteiger partial charge in [0.25, 0.3) is 5.91 Å². The van der Waals surface area contributed by atoms with Crippen LogP contribution in [0.2, 0.25) is 0 Å². The van der Waals surface area contributed by atoms with Gasteiger partial charge in [-0.3, -0.25) is 10.1 Å². The minimum atomic E-state index is -1.24. The van der Waals surface area contributed by atoms with E-state index >= 15 is 0 Å². The fourth-order valence-electron chi connectivity index (χ4n) is 4.17. The number of amides is 2. The molecule has 8 nitrogen and oxygen atoms in total. The molecule has 0 radical (unpaired) electrons. The molecule has 35 heavy (non-hydrogen) atoms. The van der Waals surface area contributed by atoms with Gasteiger partial charge in [0, 0.05) is 33.8 Å². The van der Waals surface area contributed by atoms with Gasteiger partial charge in [-0.15, -0.1) is 0 Å². The van der Waals surface area contributed by atoms with Crippen LogP contribution in [0.1, 0.15) is 33.8 Å². The monoisotopic (exact) mass is 586 g/mol. The number of carbonyl (C=O) groups is 3. The van der Waals surface area contributed by atoms with Gasteiger partial charge >= 0.3 is 12.1 Å². The van der Waals surface area contributed by atoms with E-state index in [2.05, 4.69) is 22.8 Å². The smallest absolute Gasteiger partial charge is 0.411 e.